The summed E-state index contributed by atoms with van der Waals surface area (Å²) in [5, 5.41) is 0.370. The maximum atomic E-state index is 12.3. The SMILES string of the molecule is O=C(Oc1ccccc1Cl)[C@@H]1CC(=O)N(c2ccc(Br)cc2)C1. The van der Waals surface area contributed by atoms with Gasteiger partial charge in [-0.25, -0.2) is 0 Å². The molecule has 4 nitrogen and oxygen atoms in total. The predicted octanol–water partition coefficient (Wildman–Crippen LogP) is 4.06. The monoisotopic (exact) mass is 393 g/mol. The zero-order valence-electron chi connectivity index (χ0n) is 12.0. The lowest BCUT2D eigenvalue weighted by Crippen LogP contribution is -2.27. The number of esters is 1. The molecule has 6 heteroatoms. The Hall–Kier alpha value is -1.85. The summed E-state index contributed by atoms with van der Waals surface area (Å²) in [6.07, 6.45) is 0.138. The summed E-state index contributed by atoms with van der Waals surface area (Å²) in [5.74, 6) is -0.712. The molecule has 3 rings (SSSR count). The molecule has 0 saturated carbocycles. The van der Waals surface area contributed by atoms with E-state index in [1.54, 1.807) is 29.2 Å². The minimum Gasteiger partial charge on any atom is -0.425 e. The average molecular weight is 395 g/mol. The molecule has 1 amide bonds. The number of carbonyl (C=O) groups excluding carboxylic acids is 2. The Balaban J connectivity index is 1.71. The summed E-state index contributed by atoms with van der Waals surface area (Å²) in [6.45, 7) is 0.309. The summed E-state index contributed by atoms with van der Waals surface area (Å²) in [6, 6.07) is 14.2. The summed E-state index contributed by atoms with van der Waals surface area (Å²) in [7, 11) is 0. The van der Waals surface area contributed by atoms with E-state index >= 15 is 0 Å². The van der Waals surface area contributed by atoms with Crippen molar-refractivity contribution in [2.75, 3.05) is 11.4 Å². The van der Waals surface area contributed by atoms with Crippen molar-refractivity contribution in [2.45, 2.75) is 6.42 Å². The standard InChI is InChI=1S/C17H13BrClNO3/c18-12-5-7-13(8-6-12)20-10-11(9-16(20)21)17(22)23-15-4-2-1-3-14(15)19/h1-8,11H,9-10H2/t11-/m1/s1. The van der Waals surface area contributed by atoms with Gasteiger partial charge >= 0.3 is 5.97 Å². The molecule has 0 radical (unpaired) electrons. The van der Waals surface area contributed by atoms with Gasteiger partial charge in [-0.1, -0.05) is 39.7 Å². The lowest BCUT2D eigenvalue weighted by molar-refractivity contribution is -0.139. The van der Waals surface area contributed by atoms with Crippen molar-refractivity contribution in [3.05, 3.63) is 58.0 Å². The number of carbonyl (C=O) groups is 2. The van der Waals surface area contributed by atoms with Gasteiger partial charge < -0.3 is 9.64 Å². The van der Waals surface area contributed by atoms with E-state index in [4.69, 9.17) is 16.3 Å². The van der Waals surface area contributed by atoms with Crippen LogP contribution in [0, 0.1) is 5.92 Å². The molecule has 1 atom stereocenters. The fourth-order valence-corrected chi connectivity index (χ4v) is 2.89. The third-order valence-corrected chi connectivity index (χ3v) is 4.48. The van der Waals surface area contributed by atoms with Gasteiger partial charge in [-0.05, 0) is 36.4 Å². The number of hydrogen-bond donors (Lipinski definition) is 0. The first-order valence-corrected chi connectivity index (χ1v) is 8.24. The van der Waals surface area contributed by atoms with E-state index in [9.17, 15) is 9.59 Å². The molecule has 2 aromatic carbocycles. The number of anilines is 1. The minimum absolute atomic E-state index is 0.0894. The largest absolute Gasteiger partial charge is 0.425 e. The second-order valence-corrected chi connectivity index (χ2v) is 6.56. The van der Waals surface area contributed by atoms with Crippen LogP contribution in [0.3, 0.4) is 0 Å². The van der Waals surface area contributed by atoms with Gasteiger partial charge in [0, 0.05) is 23.1 Å². The smallest absolute Gasteiger partial charge is 0.316 e. The molecular formula is C17H13BrClNO3. The highest BCUT2D eigenvalue weighted by molar-refractivity contribution is 9.10. The Morgan fingerprint density at radius 3 is 2.57 bits per heavy atom. The van der Waals surface area contributed by atoms with Crippen molar-refractivity contribution >= 4 is 45.1 Å². The van der Waals surface area contributed by atoms with Gasteiger partial charge in [-0.2, -0.15) is 0 Å². The van der Waals surface area contributed by atoms with Crippen LogP contribution in [0.15, 0.2) is 53.0 Å². The van der Waals surface area contributed by atoms with Gasteiger partial charge in [0.15, 0.2) is 0 Å². The van der Waals surface area contributed by atoms with E-state index in [0.29, 0.717) is 17.3 Å². The summed E-state index contributed by atoms with van der Waals surface area (Å²) >= 11 is 9.34. The molecule has 1 aliphatic heterocycles. The highest BCUT2D eigenvalue weighted by Gasteiger charge is 2.36. The lowest BCUT2D eigenvalue weighted by Gasteiger charge is -2.16. The number of ether oxygens (including phenoxy) is 1. The maximum Gasteiger partial charge on any atom is 0.316 e. The molecule has 118 valence electrons. The third kappa shape index (κ3) is 3.57. The Labute approximate surface area is 147 Å². The number of para-hydroxylation sites is 1. The van der Waals surface area contributed by atoms with E-state index in [1.807, 2.05) is 24.3 Å². The van der Waals surface area contributed by atoms with Crippen LogP contribution < -0.4 is 9.64 Å². The van der Waals surface area contributed by atoms with Crippen LogP contribution in [-0.4, -0.2) is 18.4 Å². The second-order valence-electron chi connectivity index (χ2n) is 5.23. The van der Waals surface area contributed by atoms with Gasteiger partial charge in [0.2, 0.25) is 5.91 Å². The average Bonchev–Trinajstić information content (AvgIpc) is 2.92. The molecule has 0 aromatic heterocycles. The van der Waals surface area contributed by atoms with Crippen molar-refractivity contribution in [3.8, 4) is 5.75 Å². The van der Waals surface area contributed by atoms with Crippen LogP contribution in [0.5, 0.6) is 5.75 Å². The highest BCUT2D eigenvalue weighted by Crippen LogP contribution is 2.29. The van der Waals surface area contributed by atoms with E-state index in [-0.39, 0.29) is 12.3 Å². The Morgan fingerprint density at radius 1 is 1.17 bits per heavy atom. The van der Waals surface area contributed by atoms with Gasteiger partial charge in [0.25, 0.3) is 0 Å². The molecule has 23 heavy (non-hydrogen) atoms. The van der Waals surface area contributed by atoms with Crippen LogP contribution in [0.4, 0.5) is 5.69 Å². The third-order valence-electron chi connectivity index (χ3n) is 3.64. The van der Waals surface area contributed by atoms with Crippen molar-refractivity contribution in [3.63, 3.8) is 0 Å². The number of amides is 1. The van der Waals surface area contributed by atoms with E-state index in [2.05, 4.69) is 15.9 Å². The van der Waals surface area contributed by atoms with Crippen LogP contribution in [-0.2, 0) is 9.59 Å². The Kier molecular flexibility index (Phi) is 4.68. The van der Waals surface area contributed by atoms with Crippen LogP contribution in [0.25, 0.3) is 0 Å². The number of rotatable bonds is 3. The summed E-state index contributed by atoms with van der Waals surface area (Å²) in [4.78, 5) is 26.1. The fraction of sp³-hybridized carbons (Fsp3) is 0.176. The summed E-state index contributed by atoms with van der Waals surface area (Å²) < 4.78 is 6.26. The van der Waals surface area contributed by atoms with Crippen LogP contribution >= 0.6 is 27.5 Å². The first-order chi connectivity index (χ1) is 11.0. The lowest BCUT2D eigenvalue weighted by atomic mass is 10.1. The topological polar surface area (TPSA) is 46.6 Å². The van der Waals surface area contributed by atoms with E-state index < -0.39 is 11.9 Å². The first-order valence-electron chi connectivity index (χ1n) is 7.07. The molecule has 1 saturated heterocycles. The Morgan fingerprint density at radius 2 is 1.87 bits per heavy atom. The Bertz CT molecular complexity index is 748. The number of benzene rings is 2. The van der Waals surface area contributed by atoms with Crippen molar-refractivity contribution in [1.29, 1.82) is 0 Å². The quantitative estimate of drug-likeness (QED) is 0.582. The highest BCUT2D eigenvalue weighted by atomic mass is 79.9. The molecule has 0 aliphatic carbocycles. The molecule has 0 spiro atoms. The molecule has 2 aromatic rings. The van der Waals surface area contributed by atoms with Crippen molar-refractivity contribution < 1.29 is 14.3 Å². The zero-order valence-corrected chi connectivity index (χ0v) is 14.4. The van der Waals surface area contributed by atoms with Crippen molar-refractivity contribution in [1.82, 2.24) is 0 Å². The van der Waals surface area contributed by atoms with Gasteiger partial charge in [-0.15, -0.1) is 0 Å². The molecule has 1 fully saturated rings. The maximum absolute atomic E-state index is 12.3. The van der Waals surface area contributed by atoms with Gasteiger partial charge in [0.1, 0.15) is 5.75 Å². The summed E-state index contributed by atoms with van der Waals surface area (Å²) in [5.41, 5.74) is 0.770. The normalized spacial score (nSPS) is 17.4. The van der Waals surface area contributed by atoms with Crippen LogP contribution in [0.2, 0.25) is 5.02 Å². The molecule has 0 unspecified atom stereocenters. The fourth-order valence-electron chi connectivity index (χ4n) is 2.46. The number of nitrogens with zero attached hydrogens (tertiary/aromatic N) is 1. The van der Waals surface area contributed by atoms with Gasteiger partial charge in [0.05, 0.1) is 10.9 Å². The minimum atomic E-state index is -0.498. The first kappa shape index (κ1) is 16.0. The van der Waals surface area contributed by atoms with Crippen molar-refractivity contribution in [2.24, 2.45) is 5.92 Å². The predicted molar refractivity (Wildman–Crippen MR) is 91.7 cm³/mol. The number of hydrogen-bond acceptors (Lipinski definition) is 3. The second kappa shape index (κ2) is 6.72. The molecular weight excluding hydrogens is 382 g/mol. The zero-order chi connectivity index (χ0) is 16.4. The molecule has 1 aliphatic rings. The van der Waals surface area contributed by atoms with Gasteiger partial charge in [-0.3, -0.25) is 9.59 Å². The molecule has 1 heterocycles. The van der Waals surface area contributed by atoms with Crippen LogP contribution in [0.1, 0.15) is 6.42 Å². The molecule has 0 bridgehead atoms. The molecule has 0 N–H and O–H groups in total. The van der Waals surface area contributed by atoms with E-state index in [0.717, 1.165) is 10.2 Å². The van der Waals surface area contributed by atoms with E-state index in [1.165, 1.54) is 0 Å². The number of halogens is 2.